The number of hydrogen-bond acceptors (Lipinski definition) is 3. The maximum atomic E-state index is 12.6. The zero-order chi connectivity index (χ0) is 12.6. The highest BCUT2D eigenvalue weighted by atomic mass is 79.9. The number of sulfone groups is 1. The van der Waals surface area contributed by atoms with E-state index >= 15 is 0 Å². The van der Waals surface area contributed by atoms with Crippen molar-refractivity contribution in [2.45, 2.75) is 9.22 Å². The second kappa shape index (κ2) is 4.60. The molecule has 0 saturated carbocycles. The van der Waals surface area contributed by atoms with Gasteiger partial charge in [-0.15, -0.1) is 0 Å². The van der Waals surface area contributed by atoms with Crippen molar-refractivity contribution in [2.24, 2.45) is 0 Å². The zero-order valence-corrected chi connectivity index (χ0v) is 11.4. The quantitative estimate of drug-likeness (QED) is 0.864. The predicted molar refractivity (Wildman–Crippen MR) is 63.7 cm³/mol. The highest BCUT2D eigenvalue weighted by Gasteiger charge is 2.44. The Morgan fingerprint density at radius 2 is 1.88 bits per heavy atom. The molecule has 0 bridgehead atoms. The summed E-state index contributed by atoms with van der Waals surface area (Å²) < 4.78 is 33.3. The van der Waals surface area contributed by atoms with Crippen LogP contribution in [0.5, 0.6) is 0 Å². The fourth-order valence-corrected chi connectivity index (χ4v) is 1.97. The summed E-state index contributed by atoms with van der Waals surface area (Å²) in [4.78, 5) is 0. The van der Waals surface area contributed by atoms with Crippen LogP contribution in [0.2, 0.25) is 0 Å². The molecule has 1 rings (SSSR count). The molecule has 0 aliphatic rings. The van der Waals surface area contributed by atoms with Crippen LogP contribution in [0, 0.1) is 5.82 Å². The number of halogens is 3. The minimum Gasteiger partial charge on any atom is -0.385 e. The molecule has 1 N–H and O–H groups in total. The summed E-state index contributed by atoms with van der Waals surface area (Å²) in [5.74, 6) is -0.481. The molecule has 0 fully saturated rings. The lowest BCUT2D eigenvalue weighted by Gasteiger charge is -2.24. The molecular formula is C9H9BrClFO3S. The Bertz CT molecular complexity index is 472. The second-order valence-electron chi connectivity index (χ2n) is 3.29. The van der Waals surface area contributed by atoms with Crippen molar-refractivity contribution in [3.05, 3.63) is 35.6 Å². The van der Waals surface area contributed by atoms with Gasteiger partial charge in [0.05, 0.1) is 0 Å². The molecule has 3 nitrogen and oxygen atoms in total. The van der Waals surface area contributed by atoms with Crippen LogP contribution in [0.25, 0.3) is 0 Å². The molecule has 1 aromatic carbocycles. The van der Waals surface area contributed by atoms with Gasteiger partial charge in [0.25, 0.3) is 0 Å². The van der Waals surface area contributed by atoms with Crippen molar-refractivity contribution in [3.8, 4) is 0 Å². The molecule has 0 saturated heterocycles. The van der Waals surface area contributed by atoms with Gasteiger partial charge in [0.1, 0.15) is 11.9 Å². The summed E-state index contributed by atoms with van der Waals surface area (Å²) in [6.45, 7) is 0. The summed E-state index contributed by atoms with van der Waals surface area (Å²) in [7, 11) is -3.72. The molecule has 0 spiro atoms. The van der Waals surface area contributed by atoms with Crippen LogP contribution in [0.1, 0.15) is 11.7 Å². The highest BCUT2D eigenvalue weighted by Crippen LogP contribution is 2.41. The summed E-state index contributed by atoms with van der Waals surface area (Å²) in [6.07, 6.45) is -0.605. The van der Waals surface area contributed by atoms with Gasteiger partial charge in [0.2, 0.25) is 3.12 Å². The van der Waals surface area contributed by atoms with Crippen LogP contribution in [0.3, 0.4) is 0 Å². The monoisotopic (exact) mass is 330 g/mol. The summed E-state index contributed by atoms with van der Waals surface area (Å²) >= 11 is 8.48. The van der Waals surface area contributed by atoms with E-state index in [1.54, 1.807) is 0 Å². The Labute approximate surface area is 106 Å². The van der Waals surface area contributed by atoms with Gasteiger partial charge in [0.15, 0.2) is 9.84 Å². The highest BCUT2D eigenvalue weighted by molar-refractivity contribution is 9.12. The number of hydrogen-bond donors (Lipinski definition) is 1. The van der Waals surface area contributed by atoms with Crippen LogP contribution in [-0.4, -0.2) is 22.9 Å². The van der Waals surface area contributed by atoms with Crippen LogP contribution >= 0.6 is 27.5 Å². The molecule has 90 valence electrons. The van der Waals surface area contributed by atoms with Gasteiger partial charge in [-0.25, -0.2) is 12.8 Å². The van der Waals surface area contributed by atoms with E-state index in [4.69, 9.17) is 11.6 Å². The van der Waals surface area contributed by atoms with Crippen molar-refractivity contribution in [2.75, 3.05) is 6.26 Å². The molecule has 0 unspecified atom stereocenters. The third-order valence-corrected chi connectivity index (χ3v) is 6.46. The van der Waals surface area contributed by atoms with Crippen LogP contribution < -0.4 is 0 Å². The van der Waals surface area contributed by atoms with Crippen LogP contribution in [-0.2, 0) is 9.84 Å². The van der Waals surface area contributed by atoms with E-state index in [0.29, 0.717) is 0 Å². The summed E-state index contributed by atoms with van der Waals surface area (Å²) in [5.41, 5.74) is 0.207. The normalized spacial score (nSPS) is 17.8. The topological polar surface area (TPSA) is 54.4 Å². The Balaban J connectivity index is 3.12. The van der Waals surface area contributed by atoms with Crippen molar-refractivity contribution in [1.29, 1.82) is 0 Å². The first-order chi connectivity index (χ1) is 7.16. The molecule has 0 amide bonds. The van der Waals surface area contributed by atoms with E-state index in [1.165, 1.54) is 12.1 Å². The van der Waals surface area contributed by atoms with Crippen LogP contribution in [0.15, 0.2) is 24.3 Å². The first-order valence-electron chi connectivity index (χ1n) is 4.17. The van der Waals surface area contributed by atoms with E-state index in [9.17, 15) is 17.9 Å². The van der Waals surface area contributed by atoms with Crippen molar-refractivity contribution < 1.29 is 17.9 Å². The van der Waals surface area contributed by atoms with E-state index in [2.05, 4.69) is 15.9 Å². The third kappa shape index (κ3) is 2.74. The first kappa shape index (κ1) is 13.9. The standard InChI is InChI=1S/C9H9BrClFO3S/c1-16(14,15)9(10,11)8(13)6-2-4-7(12)5-3-6/h2-5,8,13H,1H3/t8-,9+/m0/s1. The number of aliphatic hydroxyl groups is 1. The molecule has 2 atom stereocenters. The van der Waals surface area contributed by atoms with Gasteiger partial charge in [-0.05, 0) is 33.6 Å². The lowest BCUT2D eigenvalue weighted by Crippen LogP contribution is -2.32. The minimum absolute atomic E-state index is 0.207. The van der Waals surface area contributed by atoms with Crippen molar-refractivity contribution in [1.82, 2.24) is 0 Å². The predicted octanol–water partition coefficient (Wildman–Crippen LogP) is 2.19. The smallest absolute Gasteiger partial charge is 0.228 e. The number of benzene rings is 1. The number of rotatable bonds is 3. The Hall–Kier alpha value is -0.170. The van der Waals surface area contributed by atoms with Crippen molar-refractivity contribution >= 4 is 37.4 Å². The lowest BCUT2D eigenvalue weighted by molar-refractivity contribution is 0.185. The second-order valence-corrected chi connectivity index (χ2v) is 8.53. The fourth-order valence-electron chi connectivity index (χ4n) is 1.04. The minimum atomic E-state index is -3.72. The van der Waals surface area contributed by atoms with E-state index in [0.717, 1.165) is 18.4 Å². The Morgan fingerprint density at radius 3 is 2.25 bits per heavy atom. The van der Waals surface area contributed by atoms with Crippen LogP contribution in [0.4, 0.5) is 4.39 Å². The van der Waals surface area contributed by atoms with Gasteiger partial charge >= 0.3 is 0 Å². The number of aliphatic hydroxyl groups excluding tert-OH is 1. The molecule has 16 heavy (non-hydrogen) atoms. The SMILES string of the molecule is CS(=O)(=O)[C@@](Cl)(Br)[C@@H](O)c1ccc(F)cc1. The molecule has 1 aromatic rings. The van der Waals surface area contributed by atoms with Gasteiger partial charge in [-0.2, -0.15) is 0 Å². The first-order valence-corrected chi connectivity index (χ1v) is 7.23. The maximum absolute atomic E-state index is 12.6. The van der Waals surface area contributed by atoms with Gasteiger partial charge in [0, 0.05) is 6.26 Å². The number of alkyl halides is 2. The average molecular weight is 332 g/mol. The van der Waals surface area contributed by atoms with Gasteiger partial charge in [-0.3, -0.25) is 0 Å². The largest absolute Gasteiger partial charge is 0.385 e. The Morgan fingerprint density at radius 1 is 1.44 bits per heavy atom. The van der Waals surface area contributed by atoms with Gasteiger partial charge < -0.3 is 5.11 Å². The van der Waals surface area contributed by atoms with Gasteiger partial charge in [-0.1, -0.05) is 23.7 Å². The Kier molecular flexibility index (Phi) is 3.99. The summed E-state index contributed by atoms with van der Waals surface area (Å²) in [6, 6.07) is 4.76. The molecule has 0 aliphatic heterocycles. The molecule has 0 aliphatic carbocycles. The fraction of sp³-hybridized carbons (Fsp3) is 0.333. The lowest BCUT2D eigenvalue weighted by atomic mass is 10.1. The molecule has 0 radical (unpaired) electrons. The van der Waals surface area contributed by atoms with E-state index in [1.807, 2.05) is 0 Å². The average Bonchev–Trinajstić information content (AvgIpc) is 2.16. The van der Waals surface area contributed by atoms with E-state index in [-0.39, 0.29) is 5.56 Å². The zero-order valence-electron chi connectivity index (χ0n) is 8.19. The summed E-state index contributed by atoms with van der Waals surface area (Å²) in [5, 5.41) is 9.79. The molecule has 0 heterocycles. The molecular weight excluding hydrogens is 323 g/mol. The molecule has 0 aromatic heterocycles. The van der Waals surface area contributed by atoms with E-state index < -0.39 is 24.9 Å². The molecule has 7 heteroatoms. The third-order valence-electron chi connectivity index (χ3n) is 2.00. The maximum Gasteiger partial charge on any atom is 0.228 e. The van der Waals surface area contributed by atoms with Crippen molar-refractivity contribution in [3.63, 3.8) is 0 Å².